The standard InChI is InChI=1S/C18H28ClN5O.HI/c1-3-9-21-17(25)12-22-18(20-4-2)23-15-8-10-24(13-15)16-7-5-6-14(19)11-16;/h5-7,11,15H,3-4,8-10,12-13H2,1-2H3,(H,21,25)(H2,20,22,23);1H. The van der Waals surface area contributed by atoms with Crippen LogP contribution >= 0.6 is 35.6 Å². The number of aliphatic imine (C=N–C) groups is 1. The molecule has 1 amide bonds. The van der Waals surface area contributed by atoms with Gasteiger partial charge in [-0.1, -0.05) is 24.6 Å². The van der Waals surface area contributed by atoms with Crippen molar-refractivity contribution in [3.8, 4) is 0 Å². The Hall–Kier alpha value is -1.22. The molecule has 0 aliphatic carbocycles. The van der Waals surface area contributed by atoms with Crippen LogP contribution < -0.4 is 20.9 Å². The molecule has 1 fully saturated rings. The molecule has 3 N–H and O–H groups in total. The fourth-order valence-electron chi connectivity index (χ4n) is 2.77. The molecule has 1 heterocycles. The van der Waals surface area contributed by atoms with E-state index in [0.29, 0.717) is 12.5 Å². The first-order valence-electron chi connectivity index (χ1n) is 8.94. The van der Waals surface area contributed by atoms with Crippen LogP contribution in [0.25, 0.3) is 0 Å². The molecular formula is C18H29ClIN5O. The Kier molecular flexibility index (Phi) is 10.7. The van der Waals surface area contributed by atoms with Crippen molar-refractivity contribution in [3.05, 3.63) is 29.3 Å². The van der Waals surface area contributed by atoms with Gasteiger partial charge in [0.1, 0.15) is 6.54 Å². The lowest BCUT2D eigenvalue weighted by atomic mass is 10.3. The van der Waals surface area contributed by atoms with Gasteiger partial charge in [-0.25, -0.2) is 4.99 Å². The van der Waals surface area contributed by atoms with Crippen molar-refractivity contribution < 1.29 is 4.79 Å². The summed E-state index contributed by atoms with van der Waals surface area (Å²) >= 11 is 6.08. The second-order valence-corrected chi connectivity index (χ2v) is 6.54. The molecule has 26 heavy (non-hydrogen) atoms. The van der Waals surface area contributed by atoms with Crippen LogP contribution in [-0.2, 0) is 4.79 Å². The number of hydrogen-bond acceptors (Lipinski definition) is 3. The molecule has 2 rings (SSSR count). The van der Waals surface area contributed by atoms with Crippen LogP contribution in [0.1, 0.15) is 26.7 Å². The smallest absolute Gasteiger partial charge is 0.241 e. The van der Waals surface area contributed by atoms with E-state index in [0.717, 1.165) is 43.2 Å². The summed E-state index contributed by atoms with van der Waals surface area (Å²) < 4.78 is 0. The molecule has 0 spiro atoms. The zero-order chi connectivity index (χ0) is 18.1. The molecule has 0 radical (unpaired) electrons. The van der Waals surface area contributed by atoms with E-state index in [9.17, 15) is 4.79 Å². The number of anilines is 1. The van der Waals surface area contributed by atoms with Gasteiger partial charge >= 0.3 is 0 Å². The molecule has 0 saturated carbocycles. The van der Waals surface area contributed by atoms with Gasteiger partial charge in [-0.2, -0.15) is 0 Å². The van der Waals surface area contributed by atoms with Crippen LogP contribution in [0.3, 0.4) is 0 Å². The van der Waals surface area contributed by atoms with Crippen molar-refractivity contribution >= 4 is 53.1 Å². The highest BCUT2D eigenvalue weighted by Crippen LogP contribution is 2.23. The molecule has 0 aromatic heterocycles. The number of halogens is 2. The lowest BCUT2D eigenvalue weighted by Crippen LogP contribution is -2.45. The lowest BCUT2D eigenvalue weighted by Gasteiger charge is -2.20. The van der Waals surface area contributed by atoms with Gasteiger partial charge < -0.3 is 20.9 Å². The first kappa shape index (κ1) is 22.8. The van der Waals surface area contributed by atoms with E-state index in [1.165, 1.54) is 0 Å². The maximum Gasteiger partial charge on any atom is 0.241 e. The molecule has 8 heteroatoms. The van der Waals surface area contributed by atoms with Gasteiger partial charge in [0.05, 0.1) is 0 Å². The van der Waals surface area contributed by atoms with Crippen molar-refractivity contribution in [1.82, 2.24) is 16.0 Å². The van der Waals surface area contributed by atoms with Crippen molar-refractivity contribution in [2.75, 3.05) is 37.6 Å². The molecule has 1 aliphatic heterocycles. The Bertz CT molecular complexity index is 599. The molecule has 1 atom stereocenters. The minimum Gasteiger partial charge on any atom is -0.369 e. The SMILES string of the molecule is CCCNC(=O)CN=C(NCC)NC1CCN(c2cccc(Cl)c2)C1.I. The summed E-state index contributed by atoms with van der Waals surface area (Å²) in [7, 11) is 0. The number of guanidine groups is 1. The highest BCUT2D eigenvalue weighted by molar-refractivity contribution is 14.0. The Labute approximate surface area is 178 Å². The second-order valence-electron chi connectivity index (χ2n) is 6.10. The zero-order valence-corrected chi connectivity index (χ0v) is 18.5. The van der Waals surface area contributed by atoms with Crippen molar-refractivity contribution in [3.63, 3.8) is 0 Å². The van der Waals surface area contributed by atoms with Gasteiger partial charge in [-0.15, -0.1) is 24.0 Å². The number of carbonyl (C=O) groups excluding carboxylic acids is 1. The third-order valence-corrected chi connectivity index (χ3v) is 4.23. The number of benzene rings is 1. The number of nitrogens with zero attached hydrogens (tertiary/aromatic N) is 2. The molecular weight excluding hydrogens is 465 g/mol. The third kappa shape index (κ3) is 7.57. The predicted octanol–water partition coefficient (Wildman–Crippen LogP) is 2.62. The number of rotatable bonds is 7. The number of hydrogen-bond donors (Lipinski definition) is 3. The second kappa shape index (κ2) is 12.2. The minimum atomic E-state index is -0.0500. The average molecular weight is 494 g/mol. The Morgan fingerprint density at radius 1 is 1.35 bits per heavy atom. The van der Waals surface area contributed by atoms with Crippen LogP contribution in [0.5, 0.6) is 0 Å². The molecule has 1 saturated heterocycles. The van der Waals surface area contributed by atoms with Gasteiger partial charge in [0.2, 0.25) is 5.91 Å². The van der Waals surface area contributed by atoms with E-state index in [2.05, 4.69) is 31.9 Å². The molecule has 1 aromatic carbocycles. The Morgan fingerprint density at radius 2 is 2.15 bits per heavy atom. The largest absolute Gasteiger partial charge is 0.369 e. The van der Waals surface area contributed by atoms with E-state index in [-0.39, 0.29) is 42.5 Å². The maximum atomic E-state index is 11.7. The quantitative estimate of drug-likeness (QED) is 0.310. The van der Waals surface area contributed by atoms with E-state index in [4.69, 9.17) is 11.6 Å². The molecule has 146 valence electrons. The van der Waals surface area contributed by atoms with Crippen molar-refractivity contribution in [1.29, 1.82) is 0 Å². The van der Waals surface area contributed by atoms with E-state index >= 15 is 0 Å². The Balaban J connectivity index is 0.00000338. The summed E-state index contributed by atoms with van der Waals surface area (Å²) in [5, 5.41) is 10.2. The molecule has 1 aromatic rings. The fraction of sp³-hybridized carbons (Fsp3) is 0.556. The molecule has 1 unspecified atom stereocenters. The van der Waals surface area contributed by atoms with Gasteiger partial charge in [0, 0.05) is 42.9 Å². The summed E-state index contributed by atoms with van der Waals surface area (Å²) in [5.41, 5.74) is 1.14. The first-order valence-corrected chi connectivity index (χ1v) is 9.32. The van der Waals surface area contributed by atoms with E-state index in [1.54, 1.807) is 0 Å². The zero-order valence-electron chi connectivity index (χ0n) is 15.4. The third-order valence-electron chi connectivity index (χ3n) is 4.00. The van der Waals surface area contributed by atoms with Crippen LogP contribution in [0, 0.1) is 0 Å². The summed E-state index contributed by atoms with van der Waals surface area (Å²) in [6, 6.07) is 8.21. The number of nitrogens with one attached hydrogen (secondary N) is 3. The molecule has 1 aliphatic rings. The summed E-state index contributed by atoms with van der Waals surface area (Å²) in [5.74, 6) is 0.637. The molecule has 0 bridgehead atoms. The monoisotopic (exact) mass is 493 g/mol. The average Bonchev–Trinajstić information content (AvgIpc) is 3.06. The minimum absolute atomic E-state index is 0. The molecule has 6 nitrogen and oxygen atoms in total. The van der Waals surface area contributed by atoms with Crippen molar-refractivity contribution in [2.24, 2.45) is 4.99 Å². The normalized spacial score (nSPS) is 16.8. The van der Waals surface area contributed by atoms with Gasteiger partial charge in [0.25, 0.3) is 0 Å². The maximum absolute atomic E-state index is 11.7. The van der Waals surface area contributed by atoms with E-state index in [1.807, 2.05) is 32.0 Å². The van der Waals surface area contributed by atoms with E-state index < -0.39 is 0 Å². The summed E-state index contributed by atoms with van der Waals surface area (Å²) in [6.45, 7) is 7.48. The summed E-state index contributed by atoms with van der Waals surface area (Å²) in [6.07, 6.45) is 1.94. The number of amides is 1. The summed E-state index contributed by atoms with van der Waals surface area (Å²) in [4.78, 5) is 18.4. The van der Waals surface area contributed by atoms with Crippen LogP contribution in [0.4, 0.5) is 5.69 Å². The first-order chi connectivity index (χ1) is 12.1. The lowest BCUT2D eigenvalue weighted by molar-refractivity contribution is -0.119. The van der Waals surface area contributed by atoms with Crippen molar-refractivity contribution in [2.45, 2.75) is 32.7 Å². The predicted molar refractivity (Wildman–Crippen MR) is 120 cm³/mol. The van der Waals surface area contributed by atoms with Gasteiger partial charge in [0.15, 0.2) is 5.96 Å². The van der Waals surface area contributed by atoms with Crippen LogP contribution in [0.15, 0.2) is 29.3 Å². The van der Waals surface area contributed by atoms with Crippen LogP contribution in [-0.4, -0.2) is 50.6 Å². The highest BCUT2D eigenvalue weighted by atomic mass is 127. The van der Waals surface area contributed by atoms with Gasteiger partial charge in [-0.05, 0) is 38.0 Å². The highest BCUT2D eigenvalue weighted by Gasteiger charge is 2.23. The fourth-order valence-corrected chi connectivity index (χ4v) is 2.95. The van der Waals surface area contributed by atoms with Crippen LogP contribution in [0.2, 0.25) is 5.02 Å². The topological polar surface area (TPSA) is 68.8 Å². The number of carbonyl (C=O) groups is 1. The Morgan fingerprint density at radius 3 is 2.85 bits per heavy atom. The van der Waals surface area contributed by atoms with Gasteiger partial charge in [-0.3, -0.25) is 4.79 Å².